The molecule has 31 heavy (non-hydrogen) atoms. The largest absolute Gasteiger partial charge is 0.497 e. The van der Waals surface area contributed by atoms with Crippen LogP contribution in [-0.4, -0.2) is 74.5 Å². The van der Waals surface area contributed by atoms with Crippen molar-refractivity contribution < 1.29 is 22.7 Å². The first-order valence-corrected chi connectivity index (χ1v) is 11.5. The van der Waals surface area contributed by atoms with Crippen LogP contribution in [0.1, 0.15) is 12.1 Å². The van der Waals surface area contributed by atoms with Gasteiger partial charge in [-0.15, -0.1) is 0 Å². The molecule has 1 aliphatic heterocycles. The fourth-order valence-electron chi connectivity index (χ4n) is 3.45. The smallest absolute Gasteiger partial charge is 0.244 e. The normalized spacial score (nSPS) is 16.2. The predicted octanol–water partition coefficient (Wildman–Crippen LogP) is 0.857. The summed E-state index contributed by atoms with van der Waals surface area (Å²) < 4.78 is 38.7. The molecule has 1 atom stereocenters. The van der Waals surface area contributed by atoms with Crippen molar-refractivity contribution in [3.05, 3.63) is 54.4 Å². The van der Waals surface area contributed by atoms with E-state index in [2.05, 4.69) is 9.88 Å². The zero-order valence-electron chi connectivity index (χ0n) is 17.5. The number of primary amides is 1. The molecule has 0 aliphatic carbocycles. The standard InChI is InChI=1S/C21H28N4O5S/c1-29-18-5-7-19(8-6-18)31(27,28)25(16-17-4-2-3-10-23-17)20(21(22)26)9-11-24-12-14-30-15-13-24/h2-8,10,20H,9,11-16H2,1H3,(H2,22,26). The summed E-state index contributed by atoms with van der Waals surface area (Å²) in [7, 11) is -2.52. The van der Waals surface area contributed by atoms with E-state index in [1.54, 1.807) is 36.5 Å². The molecule has 168 valence electrons. The predicted molar refractivity (Wildman–Crippen MR) is 115 cm³/mol. The lowest BCUT2D eigenvalue weighted by Gasteiger charge is -2.32. The Morgan fingerprint density at radius 1 is 1.23 bits per heavy atom. The lowest BCUT2D eigenvalue weighted by atomic mass is 10.1. The first-order chi connectivity index (χ1) is 14.9. The zero-order chi connectivity index (χ0) is 22.3. The molecule has 1 unspecified atom stereocenters. The van der Waals surface area contributed by atoms with E-state index >= 15 is 0 Å². The highest BCUT2D eigenvalue weighted by molar-refractivity contribution is 7.89. The maximum absolute atomic E-state index is 13.5. The molecule has 2 heterocycles. The molecule has 0 radical (unpaired) electrons. The summed E-state index contributed by atoms with van der Waals surface area (Å²) in [6.45, 7) is 3.17. The van der Waals surface area contributed by atoms with Crippen LogP contribution in [0.4, 0.5) is 0 Å². The number of aromatic nitrogens is 1. The van der Waals surface area contributed by atoms with Crippen molar-refractivity contribution in [1.29, 1.82) is 0 Å². The Balaban J connectivity index is 1.91. The number of benzene rings is 1. The van der Waals surface area contributed by atoms with Crippen LogP contribution in [0.3, 0.4) is 0 Å². The molecule has 0 spiro atoms. The highest BCUT2D eigenvalue weighted by Crippen LogP contribution is 2.24. The number of carbonyl (C=O) groups excluding carboxylic acids is 1. The van der Waals surface area contributed by atoms with E-state index in [-0.39, 0.29) is 17.9 Å². The number of methoxy groups -OCH3 is 1. The van der Waals surface area contributed by atoms with Crippen LogP contribution in [0.15, 0.2) is 53.6 Å². The topological polar surface area (TPSA) is 115 Å². The molecule has 9 nitrogen and oxygen atoms in total. The van der Waals surface area contributed by atoms with E-state index in [0.29, 0.717) is 31.2 Å². The minimum absolute atomic E-state index is 0.0573. The molecule has 1 aromatic heterocycles. The molecular weight excluding hydrogens is 420 g/mol. The van der Waals surface area contributed by atoms with Gasteiger partial charge in [0, 0.05) is 25.8 Å². The fourth-order valence-corrected chi connectivity index (χ4v) is 5.05. The third-order valence-electron chi connectivity index (χ3n) is 5.21. The van der Waals surface area contributed by atoms with Gasteiger partial charge < -0.3 is 15.2 Å². The van der Waals surface area contributed by atoms with Gasteiger partial charge in [-0.25, -0.2) is 8.42 Å². The fraction of sp³-hybridized carbons (Fsp3) is 0.429. The van der Waals surface area contributed by atoms with Crippen molar-refractivity contribution >= 4 is 15.9 Å². The second-order valence-electron chi connectivity index (χ2n) is 7.21. The van der Waals surface area contributed by atoms with Gasteiger partial charge in [0.15, 0.2) is 0 Å². The Bertz CT molecular complexity index is 947. The van der Waals surface area contributed by atoms with Gasteiger partial charge in [-0.05, 0) is 42.8 Å². The Hall–Kier alpha value is -2.53. The van der Waals surface area contributed by atoms with E-state index in [1.807, 2.05) is 0 Å². The van der Waals surface area contributed by atoms with Gasteiger partial charge in [-0.1, -0.05) is 6.07 Å². The van der Waals surface area contributed by atoms with Crippen LogP contribution < -0.4 is 10.5 Å². The Morgan fingerprint density at radius 2 is 1.94 bits per heavy atom. The average Bonchev–Trinajstić information content (AvgIpc) is 2.79. The van der Waals surface area contributed by atoms with Gasteiger partial charge in [-0.2, -0.15) is 4.31 Å². The zero-order valence-corrected chi connectivity index (χ0v) is 18.3. The van der Waals surface area contributed by atoms with E-state index in [9.17, 15) is 13.2 Å². The van der Waals surface area contributed by atoms with Gasteiger partial charge in [0.1, 0.15) is 11.8 Å². The van der Waals surface area contributed by atoms with Crippen molar-refractivity contribution in [3.63, 3.8) is 0 Å². The maximum Gasteiger partial charge on any atom is 0.244 e. The summed E-state index contributed by atoms with van der Waals surface area (Å²) in [5.74, 6) is -0.157. The van der Waals surface area contributed by atoms with E-state index in [1.165, 1.54) is 19.2 Å². The van der Waals surface area contributed by atoms with Crippen molar-refractivity contribution in [1.82, 2.24) is 14.2 Å². The molecule has 0 bridgehead atoms. The summed E-state index contributed by atoms with van der Waals surface area (Å²) in [5.41, 5.74) is 6.22. The molecule has 10 heteroatoms. The highest BCUT2D eigenvalue weighted by atomic mass is 32.2. The van der Waals surface area contributed by atoms with E-state index < -0.39 is 22.0 Å². The van der Waals surface area contributed by atoms with Gasteiger partial charge in [-0.3, -0.25) is 14.7 Å². The Labute approximate surface area is 182 Å². The molecule has 0 saturated carbocycles. The van der Waals surface area contributed by atoms with Crippen molar-refractivity contribution in [2.45, 2.75) is 23.9 Å². The van der Waals surface area contributed by atoms with E-state index in [0.717, 1.165) is 17.4 Å². The second kappa shape index (κ2) is 10.7. The number of nitrogens with zero attached hydrogens (tertiary/aromatic N) is 3. The summed E-state index contributed by atoms with van der Waals surface area (Å²) >= 11 is 0. The first kappa shape index (κ1) is 23.1. The number of hydrogen-bond donors (Lipinski definition) is 1. The number of nitrogens with two attached hydrogens (primary N) is 1. The van der Waals surface area contributed by atoms with E-state index in [4.69, 9.17) is 15.2 Å². The van der Waals surface area contributed by atoms with Gasteiger partial charge in [0.05, 0.1) is 37.5 Å². The molecule has 1 aromatic carbocycles. The summed E-state index contributed by atoms with van der Waals surface area (Å²) in [6.07, 6.45) is 1.86. The summed E-state index contributed by atoms with van der Waals surface area (Å²) in [5, 5.41) is 0. The Kier molecular flexibility index (Phi) is 7.97. The van der Waals surface area contributed by atoms with Gasteiger partial charge in [0.25, 0.3) is 0 Å². The minimum Gasteiger partial charge on any atom is -0.497 e. The number of morpholine rings is 1. The maximum atomic E-state index is 13.5. The molecule has 2 aromatic rings. The second-order valence-corrected chi connectivity index (χ2v) is 9.10. The van der Waals surface area contributed by atoms with Crippen LogP contribution >= 0.6 is 0 Å². The molecular formula is C21H28N4O5S. The van der Waals surface area contributed by atoms with Crippen LogP contribution in [0.25, 0.3) is 0 Å². The number of carbonyl (C=O) groups is 1. The minimum atomic E-state index is -4.03. The van der Waals surface area contributed by atoms with Crippen molar-refractivity contribution in [2.24, 2.45) is 5.73 Å². The third kappa shape index (κ3) is 6.01. The monoisotopic (exact) mass is 448 g/mol. The molecule has 1 amide bonds. The van der Waals surface area contributed by atoms with Crippen LogP contribution in [-0.2, 0) is 26.1 Å². The number of rotatable bonds is 10. The van der Waals surface area contributed by atoms with Crippen LogP contribution in [0.5, 0.6) is 5.75 Å². The van der Waals surface area contributed by atoms with Gasteiger partial charge >= 0.3 is 0 Å². The number of hydrogen-bond acceptors (Lipinski definition) is 7. The van der Waals surface area contributed by atoms with Crippen LogP contribution in [0, 0.1) is 0 Å². The number of pyridine rings is 1. The quantitative estimate of drug-likeness (QED) is 0.573. The van der Waals surface area contributed by atoms with Gasteiger partial charge in [0.2, 0.25) is 15.9 Å². The molecule has 1 saturated heterocycles. The van der Waals surface area contributed by atoms with Crippen molar-refractivity contribution in [3.8, 4) is 5.75 Å². The van der Waals surface area contributed by atoms with Crippen LogP contribution in [0.2, 0.25) is 0 Å². The summed E-state index contributed by atoms with van der Waals surface area (Å²) in [6, 6.07) is 10.3. The SMILES string of the molecule is COc1ccc(S(=O)(=O)N(Cc2ccccn2)C(CCN2CCOCC2)C(N)=O)cc1. The Morgan fingerprint density at radius 3 is 2.52 bits per heavy atom. The number of ether oxygens (including phenoxy) is 2. The highest BCUT2D eigenvalue weighted by Gasteiger charge is 2.35. The van der Waals surface area contributed by atoms with Crippen molar-refractivity contribution in [2.75, 3.05) is 40.0 Å². The first-order valence-electron chi connectivity index (χ1n) is 10.1. The third-order valence-corrected chi connectivity index (χ3v) is 7.08. The lowest BCUT2D eigenvalue weighted by molar-refractivity contribution is -0.122. The molecule has 1 aliphatic rings. The molecule has 2 N–H and O–H groups in total. The number of amides is 1. The lowest BCUT2D eigenvalue weighted by Crippen LogP contribution is -2.49. The average molecular weight is 449 g/mol. The number of sulfonamides is 1. The summed E-state index contributed by atoms with van der Waals surface area (Å²) in [4.78, 5) is 18.8. The molecule has 3 rings (SSSR count). The molecule has 1 fully saturated rings.